The summed E-state index contributed by atoms with van der Waals surface area (Å²) >= 11 is 0. The minimum Gasteiger partial charge on any atom is -0.469 e. The number of methoxy groups -OCH3 is 1. The molecule has 0 saturated carbocycles. The Bertz CT molecular complexity index is 306. The van der Waals surface area contributed by atoms with Gasteiger partial charge in [-0.05, 0) is 17.4 Å². The molecule has 0 radical (unpaired) electrons. The van der Waals surface area contributed by atoms with Gasteiger partial charge in [0.05, 0.1) is 7.11 Å². The molecule has 15 heavy (non-hydrogen) atoms. The van der Waals surface area contributed by atoms with Crippen LogP contribution in [-0.4, -0.2) is 13.1 Å². The molecule has 0 fully saturated rings. The number of carbonyl (C=O) groups is 1. The lowest BCUT2D eigenvalue weighted by molar-refractivity contribution is -0.141. The summed E-state index contributed by atoms with van der Waals surface area (Å²) in [5.74, 6) is 0.551. The molecule has 0 bridgehead atoms. The highest BCUT2D eigenvalue weighted by atomic mass is 16.5. The SMILES string of the molecule is COC(=O)CC(C)C(C)c1ccccc1. The highest BCUT2D eigenvalue weighted by Crippen LogP contribution is 2.26. The van der Waals surface area contributed by atoms with Crippen LogP contribution >= 0.6 is 0 Å². The molecule has 0 aliphatic carbocycles. The normalized spacial score (nSPS) is 14.3. The maximum atomic E-state index is 11.1. The molecule has 0 aromatic heterocycles. The Balaban J connectivity index is 2.61. The van der Waals surface area contributed by atoms with Crippen LogP contribution in [0.5, 0.6) is 0 Å². The molecule has 1 aromatic rings. The van der Waals surface area contributed by atoms with Crippen molar-refractivity contribution in [2.45, 2.75) is 26.2 Å². The van der Waals surface area contributed by atoms with Gasteiger partial charge in [-0.3, -0.25) is 4.79 Å². The molecule has 0 saturated heterocycles. The molecule has 2 unspecified atom stereocenters. The van der Waals surface area contributed by atoms with Crippen LogP contribution in [0.3, 0.4) is 0 Å². The van der Waals surface area contributed by atoms with Crippen molar-refractivity contribution < 1.29 is 9.53 Å². The van der Waals surface area contributed by atoms with E-state index in [1.54, 1.807) is 0 Å². The summed E-state index contributed by atoms with van der Waals surface area (Å²) in [5.41, 5.74) is 1.27. The monoisotopic (exact) mass is 206 g/mol. The maximum absolute atomic E-state index is 11.1. The van der Waals surface area contributed by atoms with Gasteiger partial charge in [0.1, 0.15) is 0 Å². The van der Waals surface area contributed by atoms with E-state index in [4.69, 9.17) is 0 Å². The number of carbonyl (C=O) groups excluding carboxylic acids is 1. The zero-order chi connectivity index (χ0) is 11.3. The molecule has 1 rings (SSSR count). The molecular formula is C13H18O2. The van der Waals surface area contributed by atoms with Crippen LogP contribution in [0.2, 0.25) is 0 Å². The Kier molecular flexibility index (Phi) is 4.35. The summed E-state index contributed by atoms with van der Waals surface area (Å²) in [6, 6.07) is 10.2. The summed E-state index contributed by atoms with van der Waals surface area (Å²) in [6.07, 6.45) is 0.479. The van der Waals surface area contributed by atoms with E-state index in [-0.39, 0.29) is 5.97 Å². The molecule has 0 spiro atoms. The topological polar surface area (TPSA) is 26.3 Å². The average molecular weight is 206 g/mol. The standard InChI is InChI=1S/C13H18O2/c1-10(9-13(14)15-3)11(2)12-7-5-4-6-8-12/h4-8,10-11H,9H2,1-3H3. The van der Waals surface area contributed by atoms with E-state index < -0.39 is 0 Å². The number of rotatable bonds is 4. The zero-order valence-corrected chi connectivity index (χ0v) is 9.57. The lowest BCUT2D eigenvalue weighted by atomic mass is 9.87. The first kappa shape index (κ1) is 11.8. The molecule has 0 aliphatic heterocycles. The van der Waals surface area contributed by atoms with Crippen molar-refractivity contribution in [2.24, 2.45) is 5.92 Å². The second-order valence-electron chi connectivity index (χ2n) is 3.96. The van der Waals surface area contributed by atoms with E-state index >= 15 is 0 Å². The largest absolute Gasteiger partial charge is 0.469 e. The number of benzene rings is 1. The third kappa shape index (κ3) is 3.39. The fourth-order valence-electron chi connectivity index (χ4n) is 1.61. The smallest absolute Gasteiger partial charge is 0.305 e. The van der Waals surface area contributed by atoms with Crippen molar-refractivity contribution >= 4 is 5.97 Å². The van der Waals surface area contributed by atoms with Crippen LogP contribution in [0.25, 0.3) is 0 Å². The van der Waals surface area contributed by atoms with Crippen molar-refractivity contribution in [1.82, 2.24) is 0 Å². The fourth-order valence-corrected chi connectivity index (χ4v) is 1.61. The first-order valence-corrected chi connectivity index (χ1v) is 5.27. The van der Waals surface area contributed by atoms with E-state index in [2.05, 4.69) is 30.7 Å². The lowest BCUT2D eigenvalue weighted by Gasteiger charge is -2.19. The van der Waals surface area contributed by atoms with Crippen molar-refractivity contribution in [1.29, 1.82) is 0 Å². The van der Waals surface area contributed by atoms with Crippen LogP contribution in [0.15, 0.2) is 30.3 Å². The summed E-state index contributed by atoms with van der Waals surface area (Å²) in [7, 11) is 1.43. The van der Waals surface area contributed by atoms with Gasteiger partial charge in [-0.15, -0.1) is 0 Å². The van der Waals surface area contributed by atoms with Crippen LogP contribution in [0.1, 0.15) is 31.7 Å². The Labute approximate surface area is 91.3 Å². The molecule has 2 heteroatoms. The Morgan fingerprint density at radius 3 is 2.40 bits per heavy atom. The second-order valence-corrected chi connectivity index (χ2v) is 3.96. The third-order valence-corrected chi connectivity index (χ3v) is 2.90. The molecule has 82 valence electrons. The highest BCUT2D eigenvalue weighted by Gasteiger charge is 2.17. The third-order valence-electron chi connectivity index (χ3n) is 2.90. The van der Waals surface area contributed by atoms with Crippen LogP contribution in [-0.2, 0) is 9.53 Å². The Morgan fingerprint density at radius 2 is 1.87 bits per heavy atom. The summed E-state index contributed by atoms with van der Waals surface area (Å²) in [6.45, 7) is 4.22. The minimum atomic E-state index is -0.134. The average Bonchev–Trinajstić information content (AvgIpc) is 2.29. The van der Waals surface area contributed by atoms with Crippen molar-refractivity contribution in [2.75, 3.05) is 7.11 Å². The van der Waals surface area contributed by atoms with E-state index in [1.165, 1.54) is 12.7 Å². The predicted octanol–water partition coefficient (Wildman–Crippen LogP) is 2.99. The quantitative estimate of drug-likeness (QED) is 0.708. The van der Waals surface area contributed by atoms with Gasteiger partial charge in [0.2, 0.25) is 0 Å². The molecule has 2 nitrogen and oxygen atoms in total. The van der Waals surface area contributed by atoms with Gasteiger partial charge < -0.3 is 4.74 Å². The van der Waals surface area contributed by atoms with E-state index in [1.807, 2.05) is 18.2 Å². The molecular weight excluding hydrogens is 188 g/mol. The van der Waals surface area contributed by atoms with Gasteiger partial charge >= 0.3 is 5.97 Å². The van der Waals surface area contributed by atoms with Crippen molar-refractivity contribution in [3.63, 3.8) is 0 Å². The van der Waals surface area contributed by atoms with Gasteiger partial charge in [0.25, 0.3) is 0 Å². The van der Waals surface area contributed by atoms with Crippen LogP contribution in [0.4, 0.5) is 0 Å². The predicted molar refractivity (Wildman–Crippen MR) is 60.7 cm³/mol. The summed E-state index contributed by atoms with van der Waals surface area (Å²) < 4.78 is 4.67. The van der Waals surface area contributed by atoms with E-state index in [9.17, 15) is 4.79 Å². The van der Waals surface area contributed by atoms with Gasteiger partial charge in [-0.2, -0.15) is 0 Å². The highest BCUT2D eigenvalue weighted by molar-refractivity contribution is 5.69. The number of hydrogen-bond donors (Lipinski definition) is 0. The second kappa shape index (κ2) is 5.54. The van der Waals surface area contributed by atoms with Gasteiger partial charge in [0, 0.05) is 6.42 Å². The number of hydrogen-bond acceptors (Lipinski definition) is 2. The Hall–Kier alpha value is -1.31. The molecule has 0 amide bonds. The molecule has 0 aliphatic rings. The summed E-state index contributed by atoms with van der Waals surface area (Å²) in [4.78, 5) is 11.1. The van der Waals surface area contributed by atoms with Crippen LogP contribution in [0, 0.1) is 5.92 Å². The van der Waals surface area contributed by atoms with Crippen molar-refractivity contribution in [3.8, 4) is 0 Å². The summed E-state index contributed by atoms with van der Waals surface area (Å²) in [5, 5.41) is 0. The van der Waals surface area contributed by atoms with Crippen LogP contribution < -0.4 is 0 Å². The first-order chi connectivity index (χ1) is 7.15. The van der Waals surface area contributed by atoms with Gasteiger partial charge in [-0.1, -0.05) is 44.2 Å². The van der Waals surface area contributed by atoms with E-state index in [0.29, 0.717) is 18.3 Å². The minimum absolute atomic E-state index is 0.134. The molecule has 1 aromatic carbocycles. The molecule has 0 N–H and O–H groups in total. The molecule has 0 heterocycles. The Morgan fingerprint density at radius 1 is 1.27 bits per heavy atom. The lowest BCUT2D eigenvalue weighted by Crippen LogP contribution is -2.12. The molecule has 2 atom stereocenters. The van der Waals surface area contributed by atoms with Crippen molar-refractivity contribution in [3.05, 3.63) is 35.9 Å². The number of esters is 1. The maximum Gasteiger partial charge on any atom is 0.305 e. The first-order valence-electron chi connectivity index (χ1n) is 5.27. The van der Waals surface area contributed by atoms with Gasteiger partial charge in [0.15, 0.2) is 0 Å². The van der Waals surface area contributed by atoms with E-state index in [0.717, 1.165) is 0 Å². The number of ether oxygens (including phenoxy) is 1. The fraction of sp³-hybridized carbons (Fsp3) is 0.462. The zero-order valence-electron chi connectivity index (χ0n) is 9.57. The van der Waals surface area contributed by atoms with Gasteiger partial charge in [-0.25, -0.2) is 0 Å².